The smallest absolute Gasteiger partial charge is 0.165 e. The van der Waals surface area contributed by atoms with Gasteiger partial charge in [-0.3, -0.25) is 0 Å². The first-order valence-electron chi connectivity index (χ1n) is 5.43. The van der Waals surface area contributed by atoms with Gasteiger partial charge in [-0.15, -0.1) is 0 Å². The molecule has 2 aromatic rings. The average Bonchev–Trinajstić information content (AvgIpc) is 2.74. The van der Waals surface area contributed by atoms with E-state index < -0.39 is 0 Å². The first-order valence-corrected chi connectivity index (χ1v) is 5.81. The molecule has 0 amide bonds. The Morgan fingerprint density at radius 2 is 2.24 bits per heavy atom. The molecule has 90 valence electrons. The van der Waals surface area contributed by atoms with Crippen molar-refractivity contribution in [1.82, 2.24) is 14.8 Å². The maximum Gasteiger partial charge on any atom is 0.165 e. The highest BCUT2D eigenvalue weighted by atomic mass is 35.5. The summed E-state index contributed by atoms with van der Waals surface area (Å²) in [5.41, 5.74) is 0. The molecule has 5 heteroatoms. The predicted octanol–water partition coefficient (Wildman–Crippen LogP) is 3.09. The van der Waals surface area contributed by atoms with Crippen molar-refractivity contribution < 1.29 is 4.74 Å². The molecule has 1 aromatic heterocycles. The van der Waals surface area contributed by atoms with Crippen LogP contribution < -0.4 is 4.74 Å². The SMILES string of the molecule is CC(C)n1ncnc1COc1cccc(Cl)c1. The second kappa shape index (κ2) is 5.19. The molecule has 17 heavy (non-hydrogen) atoms. The number of hydrogen-bond donors (Lipinski definition) is 0. The van der Waals surface area contributed by atoms with Gasteiger partial charge >= 0.3 is 0 Å². The van der Waals surface area contributed by atoms with E-state index in [1.54, 1.807) is 6.07 Å². The Hall–Kier alpha value is -1.55. The van der Waals surface area contributed by atoms with E-state index in [1.165, 1.54) is 6.33 Å². The van der Waals surface area contributed by atoms with Crippen LogP contribution in [0.4, 0.5) is 0 Å². The van der Waals surface area contributed by atoms with E-state index in [9.17, 15) is 0 Å². The van der Waals surface area contributed by atoms with E-state index in [2.05, 4.69) is 23.9 Å². The minimum Gasteiger partial charge on any atom is -0.486 e. The number of ether oxygens (including phenoxy) is 1. The van der Waals surface area contributed by atoms with Crippen molar-refractivity contribution in [3.05, 3.63) is 41.4 Å². The van der Waals surface area contributed by atoms with Crippen molar-refractivity contribution in [2.45, 2.75) is 26.5 Å². The van der Waals surface area contributed by atoms with Crippen LogP contribution in [-0.4, -0.2) is 14.8 Å². The summed E-state index contributed by atoms with van der Waals surface area (Å²) in [7, 11) is 0. The van der Waals surface area contributed by atoms with Crippen molar-refractivity contribution in [2.24, 2.45) is 0 Å². The lowest BCUT2D eigenvalue weighted by Crippen LogP contribution is -2.10. The lowest BCUT2D eigenvalue weighted by atomic mass is 10.3. The molecule has 1 aromatic carbocycles. The molecule has 2 rings (SSSR count). The van der Waals surface area contributed by atoms with Crippen LogP contribution in [0.15, 0.2) is 30.6 Å². The lowest BCUT2D eigenvalue weighted by Gasteiger charge is -2.10. The second-order valence-corrected chi connectivity index (χ2v) is 4.40. The summed E-state index contributed by atoms with van der Waals surface area (Å²) in [5, 5.41) is 4.81. The van der Waals surface area contributed by atoms with E-state index in [0.717, 1.165) is 11.6 Å². The molecule has 0 aliphatic carbocycles. The number of halogens is 1. The normalized spacial score (nSPS) is 10.8. The topological polar surface area (TPSA) is 39.9 Å². The fourth-order valence-corrected chi connectivity index (χ4v) is 1.69. The molecule has 0 atom stereocenters. The minimum atomic E-state index is 0.274. The van der Waals surface area contributed by atoms with Gasteiger partial charge in [0.2, 0.25) is 0 Å². The summed E-state index contributed by atoms with van der Waals surface area (Å²) in [6.45, 7) is 4.49. The van der Waals surface area contributed by atoms with Crippen molar-refractivity contribution in [3.63, 3.8) is 0 Å². The number of benzene rings is 1. The average molecular weight is 252 g/mol. The van der Waals surface area contributed by atoms with Crippen molar-refractivity contribution in [1.29, 1.82) is 0 Å². The quantitative estimate of drug-likeness (QED) is 0.838. The van der Waals surface area contributed by atoms with Crippen LogP contribution >= 0.6 is 11.6 Å². The second-order valence-electron chi connectivity index (χ2n) is 3.96. The fourth-order valence-electron chi connectivity index (χ4n) is 1.51. The van der Waals surface area contributed by atoms with Gasteiger partial charge in [0.15, 0.2) is 5.82 Å². The van der Waals surface area contributed by atoms with Crippen LogP contribution in [0.25, 0.3) is 0 Å². The summed E-state index contributed by atoms with van der Waals surface area (Å²) >= 11 is 5.87. The predicted molar refractivity (Wildman–Crippen MR) is 66.2 cm³/mol. The molecule has 1 heterocycles. The Morgan fingerprint density at radius 1 is 1.41 bits per heavy atom. The third kappa shape index (κ3) is 2.97. The molecule has 0 N–H and O–H groups in total. The van der Waals surface area contributed by atoms with Gasteiger partial charge in [0, 0.05) is 11.1 Å². The molecule has 0 saturated carbocycles. The van der Waals surface area contributed by atoms with Gasteiger partial charge < -0.3 is 4.74 Å². The Balaban J connectivity index is 2.05. The molecular weight excluding hydrogens is 238 g/mol. The lowest BCUT2D eigenvalue weighted by molar-refractivity contribution is 0.282. The van der Waals surface area contributed by atoms with Crippen LogP contribution in [0.1, 0.15) is 25.7 Å². The van der Waals surface area contributed by atoms with Crippen molar-refractivity contribution in [2.75, 3.05) is 0 Å². The Morgan fingerprint density at radius 3 is 2.94 bits per heavy atom. The van der Waals surface area contributed by atoms with E-state index in [-0.39, 0.29) is 6.04 Å². The van der Waals surface area contributed by atoms with Crippen molar-refractivity contribution >= 4 is 11.6 Å². The highest BCUT2D eigenvalue weighted by molar-refractivity contribution is 6.30. The third-order valence-corrected chi connectivity index (χ3v) is 2.54. The van der Waals surface area contributed by atoms with Gasteiger partial charge in [-0.1, -0.05) is 17.7 Å². The van der Waals surface area contributed by atoms with Crippen LogP contribution in [0, 0.1) is 0 Å². The molecule has 0 aliphatic heterocycles. The molecule has 0 bridgehead atoms. The molecule has 0 aliphatic rings. The first-order chi connectivity index (χ1) is 8.16. The summed E-state index contributed by atoms with van der Waals surface area (Å²) in [4.78, 5) is 4.17. The highest BCUT2D eigenvalue weighted by Gasteiger charge is 2.08. The maximum atomic E-state index is 5.87. The summed E-state index contributed by atoms with van der Waals surface area (Å²) in [6.07, 6.45) is 1.54. The summed E-state index contributed by atoms with van der Waals surface area (Å²) in [6, 6.07) is 7.57. The molecular formula is C12H14ClN3O. The number of rotatable bonds is 4. The molecule has 4 nitrogen and oxygen atoms in total. The van der Waals surface area contributed by atoms with Crippen molar-refractivity contribution in [3.8, 4) is 5.75 Å². The van der Waals surface area contributed by atoms with Gasteiger partial charge in [0.25, 0.3) is 0 Å². The molecule has 0 radical (unpaired) electrons. The zero-order valence-electron chi connectivity index (χ0n) is 9.80. The zero-order chi connectivity index (χ0) is 12.3. The molecule has 0 spiro atoms. The van der Waals surface area contributed by atoms with Gasteiger partial charge in [-0.25, -0.2) is 9.67 Å². The minimum absolute atomic E-state index is 0.274. The molecule has 0 unspecified atom stereocenters. The Labute approximate surface area is 105 Å². The van der Waals surface area contributed by atoms with Gasteiger partial charge in [-0.05, 0) is 32.0 Å². The Kier molecular flexibility index (Phi) is 3.64. The molecule has 0 saturated heterocycles. The number of aromatic nitrogens is 3. The monoisotopic (exact) mass is 251 g/mol. The summed E-state index contributed by atoms with van der Waals surface area (Å²) in [5.74, 6) is 1.54. The fraction of sp³-hybridized carbons (Fsp3) is 0.333. The van der Waals surface area contributed by atoms with Crippen LogP contribution in [0.3, 0.4) is 0 Å². The highest BCUT2D eigenvalue weighted by Crippen LogP contribution is 2.18. The van der Waals surface area contributed by atoms with E-state index >= 15 is 0 Å². The van der Waals surface area contributed by atoms with E-state index in [1.807, 2.05) is 22.9 Å². The largest absolute Gasteiger partial charge is 0.486 e. The summed E-state index contributed by atoms with van der Waals surface area (Å²) < 4.78 is 7.45. The van der Waals surface area contributed by atoms with Crippen LogP contribution in [0.2, 0.25) is 5.02 Å². The van der Waals surface area contributed by atoms with Crippen LogP contribution in [-0.2, 0) is 6.61 Å². The third-order valence-electron chi connectivity index (χ3n) is 2.30. The maximum absolute atomic E-state index is 5.87. The van der Waals surface area contributed by atoms with Gasteiger partial charge in [0.1, 0.15) is 18.7 Å². The van der Waals surface area contributed by atoms with E-state index in [0.29, 0.717) is 11.6 Å². The van der Waals surface area contributed by atoms with Crippen LogP contribution in [0.5, 0.6) is 5.75 Å². The number of nitrogens with zero attached hydrogens (tertiary/aromatic N) is 3. The first kappa shape index (κ1) is 11.9. The number of hydrogen-bond acceptors (Lipinski definition) is 3. The van der Waals surface area contributed by atoms with E-state index in [4.69, 9.17) is 16.3 Å². The standard InChI is InChI=1S/C12H14ClN3O/c1-9(2)16-12(14-8-15-16)7-17-11-5-3-4-10(13)6-11/h3-6,8-9H,7H2,1-2H3. The zero-order valence-corrected chi connectivity index (χ0v) is 10.6. The molecule has 0 fully saturated rings. The van der Waals surface area contributed by atoms with Gasteiger partial charge in [0.05, 0.1) is 0 Å². The van der Waals surface area contributed by atoms with Gasteiger partial charge in [-0.2, -0.15) is 5.10 Å². The Bertz CT molecular complexity index is 496.